The van der Waals surface area contributed by atoms with Crippen molar-refractivity contribution < 1.29 is 9.32 Å². The Kier molecular flexibility index (Phi) is 4.01. The zero-order chi connectivity index (χ0) is 14.7. The molecule has 0 spiro atoms. The largest absolute Gasteiger partial charge is 0.350 e. The lowest BCUT2D eigenvalue weighted by atomic mass is 9.95. The molecule has 5 heteroatoms. The second-order valence-corrected chi connectivity index (χ2v) is 5.49. The molecule has 2 N–H and O–H groups in total. The summed E-state index contributed by atoms with van der Waals surface area (Å²) in [6.45, 7) is 3.96. The van der Waals surface area contributed by atoms with E-state index in [4.69, 9.17) is 4.52 Å². The van der Waals surface area contributed by atoms with Crippen LogP contribution in [0.15, 0.2) is 40.9 Å². The third-order valence-electron chi connectivity index (χ3n) is 3.95. The van der Waals surface area contributed by atoms with Crippen LogP contribution in [-0.4, -0.2) is 30.2 Å². The van der Waals surface area contributed by atoms with Gasteiger partial charge in [-0.25, -0.2) is 0 Å². The fourth-order valence-corrected chi connectivity index (χ4v) is 2.55. The van der Waals surface area contributed by atoms with Gasteiger partial charge >= 0.3 is 0 Å². The molecule has 0 saturated carbocycles. The number of nitrogens with one attached hydrogen (secondary N) is 2. The minimum Gasteiger partial charge on any atom is -0.350 e. The summed E-state index contributed by atoms with van der Waals surface area (Å²) >= 11 is 0. The highest BCUT2D eigenvalue weighted by Gasteiger charge is 2.24. The molecule has 5 nitrogen and oxygen atoms in total. The molecule has 1 aromatic heterocycles. The smallest absolute Gasteiger partial charge is 0.290 e. The van der Waals surface area contributed by atoms with E-state index in [2.05, 4.69) is 22.7 Å². The monoisotopic (exact) mass is 285 g/mol. The molecule has 2 aromatic rings. The summed E-state index contributed by atoms with van der Waals surface area (Å²) < 4.78 is 5.18. The number of aromatic nitrogens is 1. The molecule has 1 fully saturated rings. The van der Waals surface area contributed by atoms with Crippen molar-refractivity contribution in [3.8, 4) is 11.3 Å². The average Bonchev–Trinajstić information content (AvgIpc) is 3.00. The Labute approximate surface area is 123 Å². The number of carbonyl (C=O) groups excluding carboxylic acids is 1. The fourth-order valence-electron chi connectivity index (χ4n) is 2.55. The predicted octanol–water partition coefficient (Wildman–Crippen LogP) is 2.07. The minimum absolute atomic E-state index is 0.136. The van der Waals surface area contributed by atoms with E-state index >= 15 is 0 Å². The number of carbonyl (C=O) groups is 1. The first-order valence-corrected chi connectivity index (χ1v) is 7.28. The van der Waals surface area contributed by atoms with Crippen molar-refractivity contribution in [2.45, 2.75) is 19.4 Å². The summed E-state index contributed by atoms with van der Waals surface area (Å²) in [5, 5.41) is 10.3. The zero-order valence-corrected chi connectivity index (χ0v) is 12.0. The molecule has 1 aromatic carbocycles. The van der Waals surface area contributed by atoms with Gasteiger partial charge in [-0.1, -0.05) is 42.4 Å². The Morgan fingerprint density at radius 1 is 1.38 bits per heavy atom. The third kappa shape index (κ3) is 3.13. The van der Waals surface area contributed by atoms with Crippen molar-refractivity contribution in [1.29, 1.82) is 0 Å². The molecular formula is C16H19N3O2. The van der Waals surface area contributed by atoms with Crippen LogP contribution in [0, 0.1) is 5.92 Å². The van der Waals surface area contributed by atoms with Crippen LogP contribution in [0.2, 0.25) is 0 Å². The van der Waals surface area contributed by atoms with E-state index in [1.165, 1.54) is 0 Å². The molecule has 2 unspecified atom stereocenters. The van der Waals surface area contributed by atoms with Crippen molar-refractivity contribution in [2.75, 3.05) is 13.1 Å². The first-order chi connectivity index (χ1) is 10.2. The quantitative estimate of drug-likeness (QED) is 0.906. The lowest BCUT2D eigenvalue weighted by Crippen LogP contribution is -2.50. The van der Waals surface area contributed by atoms with Crippen LogP contribution in [-0.2, 0) is 0 Å². The molecule has 2 heterocycles. The SMILES string of the molecule is CC1CCNCC1NC(=O)c1cc(-c2ccccc2)no1. The van der Waals surface area contributed by atoms with Crippen LogP contribution >= 0.6 is 0 Å². The second kappa shape index (κ2) is 6.10. The van der Waals surface area contributed by atoms with Gasteiger partial charge in [0.05, 0.1) is 0 Å². The van der Waals surface area contributed by atoms with Crippen LogP contribution in [0.5, 0.6) is 0 Å². The summed E-state index contributed by atoms with van der Waals surface area (Å²) in [5.41, 5.74) is 1.61. The summed E-state index contributed by atoms with van der Waals surface area (Å²) in [6.07, 6.45) is 1.07. The molecule has 0 aliphatic carbocycles. The van der Waals surface area contributed by atoms with E-state index in [1.807, 2.05) is 30.3 Å². The molecule has 0 bridgehead atoms. The van der Waals surface area contributed by atoms with Gasteiger partial charge in [-0.2, -0.15) is 0 Å². The first kappa shape index (κ1) is 13.8. The lowest BCUT2D eigenvalue weighted by Gasteiger charge is -2.29. The van der Waals surface area contributed by atoms with E-state index in [0.29, 0.717) is 11.6 Å². The van der Waals surface area contributed by atoms with Crippen LogP contribution in [0.1, 0.15) is 23.9 Å². The van der Waals surface area contributed by atoms with Crippen molar-refractivity contribution in [3.05, 3.63) is 42.2 Å². The Morgan fingerprint density at radius 3 is 2.95 bits per heavy atom. The molecule has 21 heavy (non-hydrogen) atoms. The summed E-state index contributed by atoms with van der Waals surface area (Å²) in [6, 6.07) is 11.5. The van der Waals surface area contributed by atoms with Gasteiger partial charge in [0.25, 0.3) is 5.91 Å². The van der Waals surface area contributed by atoms with E-state index in [9.17, 15) is 4.79 Å². The van der Waals surface area contributed by atoms with Gasteiger partial charge in [0.15, 0.2) is 0 Å². The van der Waals surface area contributed by atoms with Gasteiger partial charge in [0.1, 0.15) is 5.69 Å². The minimum atomic E-state index is -0.203. The van der Waals surface area contributed by atoms with Crippen molar-refractivity contribution in [3.63, 3.8) is 0 Å². The number of nitrogens with zero attached hydrogens (tertiary/aromatic N) is 1. The highest BCUT2D eigenvalue weighted by Crippen LogP contribution is 2.19. The number of hydrogen-bond donors (Lipinski definition) is 2. The standard InChI is InChI=1S/C16H19N3O2/c1-11-7-8-17-10-14(11)18-16(20)15-9-13(19-21-15)12-5-3-2-4-6-12/h2-6,9,11,14,17H,7-8,10H2,1H3,(H,18,20). The molecule has 110 valence electrons. The molecule has 3 rings (SSSR count). The molecule has 1 aliphatic rings. The number of rotatable bonds is 3. The Morgan fingerprint density at radius 2 is 2.19 bits per heavy atom. The maximum atomic E-state index is 12.2. The number of benzene rings is 1. The van der Waals surface area contributed by atoms with Crippen LogP contribution < -0.4 is 10.6 Å². The summed E-state index contributed by atoms with van der Waals surface area (Å²) in [5.74, 6) is 0.517. The van der Waals surface area contributed by atoms with Crippen LogP contribution in [0.4, 0.5) is 0 Å². The Hall–Kier alpha value is -2.14. The summed E-state index contributed by atoms with van der Waals surface area (Å²) in [4.78, 5) is 12.2. The molecular weight excluding hydrogens is 266 g/mol. The van der Waals surface area contributed by atoms with Crippen LogP contribution in [0.25, 0.3) is 11.3 Å². The topological polar surface area (TPSA) is 67.2 Å². The van der Waals surface area contributed by atoms with E-state index in [1.54, 1.807) is 6.07 Å². The van der Waals surface area contributed by atoms with E-state index in [-0.39, 0.29) is 17.7 Å². The number of amides is 1. The summed E-state index contributed by atoms with van der Waals surface area (Å²) in [7, 11) is 0. The average molecular weight is 285 g/mol. The van der Waals surface area contributed by atoms with Gasteiger partial charge in [0.2, 0.25) is 5.76 Å². The van der Waals surface area contributed by atoms with Gasteiger partial charge in [-0.3, -0.25) is 4.79 Å². The molecule has 1 saturated heterocycles. The third-order valence-corrected chi connectivity index (χ3v) is 3.95. The van der Waals surface area contributed by atoms with Crippen molar-refractivity contribution in [2.24, 2.45) is 5.92 Å². The van der Waals surface area contributed by atoms with E-state index in [0.717, 1.165) is 25.1 Å². The van der Waals surface area contributed by atoms with Gasteiger partial charge in [-0.15, -0.1) is 0 Å². The lowest BCUT2D eigenvalue weighted by molar-refractivity contribution is 0.0878. The highest BCUT2D eigenvalue weighted by atomic mass is 16.5. The Bertz CT molecular complexity index is 609. The fraction of sp³-hybridized carbons (Fsp3) is 0.375. The molecule has 2 atom stereocenters. The Balaban J connectivity index is 1.69. The highest BCUT2D eigenvalue weighted by molar-refractivity contribution is 5.92. The zero-order valence-electron chi connectivity index (χ0n) is 12.0. The number of hydrogen-bond acceptors (Lipinski definition) is 4. The van der Waals surface area contributed by atoms with E-state index < -0.39 is 0 Å². The molecule has 1 aliphatic heterocycles. The van der Waals surface area contributed by atoms with Crippen LogP contribution in [0.3, 0.4) is 0 Å². The van der Waals surface area contributed by atoms with Crippen molar-refractivity contribution in [1.82, 2.24) is 15.8 Å². The first-order valence-electron chi connectivity index (χ1n) is 7.28. The van der Waals surface area contributed by atoms with Crippen molar-refractivity contribution >= 4 is 5.91 Å². The number of piperidine rings is 1. The molecule has 1 amide bonds. The predicted molar refractivity (Wildman–Crippen MR) is 79.8 cm³/mol. The maximum Gasteiger partial charge on any atom is 0.290 e. The van der Waals surface area contributed by atoms with Gasteiger partial charge in [0, 0.05) is 24.2 Å². The van der Waals surface area contributed by atoms with Gasteiger partial charge in [-0.05, 0) is 18.9 Å². The second-order valence-electron chi connectivity index (χ2n) is 5.49. The van der Waals surface area contributed by atoms with Gasteiger partial charge < -0.3 is 15.2 Å². The maximum absolute atomic E-state index is 12.2. The normalized spacial score (nSPS) is 22.0. The molecule has 0 radical (unpaired) electrons.